The summed E-state index contributed by atoms with van der Waals surface area (Å²) in [5, 5.41) is 14.2. The number of ether oxygens (including phenoxy) is 4. The first-order valence-electron chi connectivity index (χ1n) is 25.0. The summed E-state index contributed by atoms with van der Waals surface area (Å²) in [6, 6.07) is 22.9. The minimum atomic E-state index is -0.939. The maximum atomic E-state index is 14.7. The van der Waals surface area contributed by atoms with Crippen molar-refractivity contribution in [2.24, 2.45) is 30.7 Å². The third-order valence-electron chi connectivity index (χ3n) is 13.2. The number of hydrogen-bond acceptors (Lipinski definition) is 12. The smallest absolute Gasteiger partial charge is 0.308 e. The topological polar surface area (TPSA) is 197 Å². The Morgan fingerprint density at radius 2 is 1.41 bits per heavy atom. The lowest BCUT2D eigenvalue weighted by atomic mass is 9.87. The standard InChI is InChI=1S/C55H72N6O10/c1-37(2)26-47(49(64)31-44(28-41-16-12-9-13-17-41)54(67)57-48(27-38(3)4)52(65)55(6)36-70-55)56-53(66)43(20-18-40-14-10-8-11-15-40)30-46(63)34-61(22-24-68-25-23-61)33-42-19-21-50(71-39(5)62)51(29-42)69-35-45-32-60(7)59-58-45/h8-17,19,21,29,32,37-38,43-44,47-48H,18,20,22-28,30-31,33-36H2,1-7H3,(H-,56,57,66,67)/p+1/t43-,44-,47?,48?,55-/m1/s1. The number of carbonyl (C=O) groups is 6. The first kappa shape index (κ1) is 54.2. The number of aromatic nitrogens is 3. The normalized spacial score (nSPS) is 17.9. The zero-order valence-electron chi connectivity index (χ0n) is 42.5. The van der Waals surface area contributed by atoms with E-state index in [1.165, 1.54) is 6.92 Å². The van der Waals surface area contributed by atoms with E-state index in [1.54, 1.807) is 30.9 Å². The van der Waals surface area contributed by atoms with Crippen LogP contribution in [0.3, 0.4) is 0 Å². The second kappa shape index (κ2) is 25.3. The Hall–Kier alpha value is -6.10. The van der Waals surface area contributed by atoms with Gasteiger partial charge in [0.25, 0.3) is 0 Å². The fourth-order valence-corrected chi connectivity index (χ4v) is 9.32. The number of Topliss-reactive ketones (excluding diaryl/α,β-unsaturated/α-hetero) is 3. The fraction of sp³-hybridized carbons (Fsp3) is 0.527. The Bertz CT molecular complexity index is 2430. The molecule has 3 heterocycles. The number of ketones is 3. The highest BCUT2D eigenvalue weighted by atomic mass is 16.6. The summed E-state index contributed by atoms with van der Waals surface area (Å²) in [7, 11) is 1.76. The number of benzene rings is 3. The molecule has 0 aliphatic carbocycles. The Morgan fingerprint density at radius 1 is 0.789 bits per heavy atom. The number of esters is 1. The molecule has 2 N–H and O–H groups in total. The third kappa shape index (κ3) is 16.8. The van der Waals surface area contributed by atoms with Gasteiger partial charge in [0.15, 0.2) is 28.8 Å². The molecule has 5 atom stereocenters. The maximum Gasteiger partial charge on any atom is 0.308 e. The van der Waals surface area contributed by atoms with E-state index < -0.39 is 47.3 Å². The molecule has 16 heteroatoms. The van der Waals surface area contributed by atoms with Crippen LogP contribution in [0, 0.1) is 23.7 Å². The first-order valence-corrected chi connectivity index (χ1v) is 25.0. The van der Waals surface area contributed by atoms with Gasteiger partial charge in [0, 0.05) is 44.2 Å². The summed E-state index contributed by atoms with van der Waals surface area (Å²) in [4.78, 5) is 83.7. The minimum absolute atomic E-state index is 0.00840. The monoisotopic (exact) mass is 978 g/mol. The number of epoxide rings is 1. The SMILES string of the molecule is CC(=O)Oc1ccc(C[N+]2(CC(=O)C[C@@H](CCc3ccccc3)C(=O)NC(CC(C)C)C(=O)C[C@@H](Cc3ccccc3)C(=O)NC(CC(C)C)C(=O)[C@@]3(C)CO3)CCOCC2)cc1OCc1cn(C)nn1. The van der Waals surface area contributed by atoms with Crippen molar-refractivity contribution in [3.05, 3.63) is 107 Å². The summed E-state index contributed by atoms with van der Waals surface area (Å²) in [5.74, 6) is -2.73. The van der Waals surface area contributed by atoms with Crippen molar-refractivity contribution < 1.29 is 52.2 Å². The quantitative estimate of drug-likeness (QED) is 0.0287. The molecule has 4 aromatic rings. The number of morpholine rings is 1. The van der Waals surface area contributed by atoms with E-state index >= 15 is 0 Å². The second-order valence-electron chi connectivity index (χ2n) is 20.6. The van der Waals surface area contributed by atoms with Gasteiger partial charge in [-0.15, -0.1) is 5.10 Å². The van der Waals surface area contributed by atoms with Crippen LogP contribution < -0.4 is 20.1 Å². The summed E-state index contributed by atoms with van der Waals surface area (Å²) < 4.78 is 24.8. The van der Waals surface area contributed by atoms with Crippen LogP contribution in [0.1, 0.15) is 96.0 Å². The highest BCUT2D eigenvalue weighted by Crippen LogP contribution is 2.33. The van der Waals surface area contributed by atoms with Crippen molar-refractivity contribution in [1.82, 2.24) is 25.6 Å². The Morgan fingerprint density at radius 3 is 2.01 bits per heavy atom. The molecule has 382 valence electrons. The van der Waals surface area contributed by atoms with Gasteiger partial charge in [-0.05, 0) is 80.2 Å². The van der Waals surface area contributed by atoms with Crippen LogP contribution in [0.2, 0.25) is 0 Å². The molecule has 16 nitrogen and oxygen atoms in total. The average molecular weight is 978 g/mol. The van der Waals surface area contributed by atoms with Gasteiger partial charge < -0.3 is 34.1 Å². The fourth-order valence-electron chi connectivity index (χ4n) is 9.32. The van der Waals surface area contributed by atoms with Gasteiger partial charge in [-0.1, -0.05) is 93.6 Å². The molecule has 2 amide bonds. The van der Waals surface area contributed by atoms with Crippen LogP contribution in [0.25, 0.3) is 0 Å². The third-order valence-corrected chi connectivity index (χ3v) is 13.2. The summed E-state index contributed by atoms with van der Waals surface area (Å²) in [6.45, 7) is 13.9. The summed E-state index contributed by atoms with van der Waals surface area (Å²) in [5.41, 5.74) is 2.39. The highest BCUT2D eigenvalue weighted by Gasteiger charge is 2.50. The van der Waals surface area contributed by atoms with E-state index in [-0.39, 0.29) is 67.3 Å². The molecule has 2 aliphatic rings. The van der Waals surface area contributed by atoms with E-state index in [4.69, 9.17) is 18.9 Å². The van der Waals surface area contributed by atoms with Crippen LogP contribution in [-0.4, -0.2) is 112 Å². The predicted molar refractivity (Wildman–Crippen MR) is 266 cm³/mol. The number of rotatable bonds is 28. The zero-order valence-corrected chi connectivity index (χ0v) is 42.5. The number of quaternary nitrogens is 1. The number of aryl methyl sites for hydroxylation is 2. The van der Waals surface area contributed by atoms with E-state index in [0.29, 0.717) is 81.1 Å². The Balaban J connectivity index is 1.20. The molecular weight excluding hydrogens is 905 g/mol. The second-order valence-corrected chi connectivity index (χ2v) is 20.6. The highest BCUT2D eigenvalue weighted by molar-refractivity contribution is 5.98. The molecule has 2 unspecified atom stereocenters. The zero-order chi connectivity index (χ0) is 51.1. The number of carbonyl (C=O) groups excluding carboxylic acids is 6. The summed E-state index contributed by atoms with van der Waals surface area (Å²) >= 11 is 0. The van der Waals surface area contributed by atoms with Crippen LogP contribution in [0.4, 0.5) is 0 Å². The minimum Gasteiger partial charge on any atom is -0.483 e. The molecule has 3 aromatic carbocycles. The van der Waals surface area contributed by atoms with Gasteiger partial charge in [0.05, 0.1) is 38.1 Å². The van der Waals surface area contributed by atoms with Crippen molar-refractivity contribution >= 4 is 35.1 Å². The van der Waals surface area contributed by atoms with Gasteiger partial charge in [-0.25, -0.2) is 0 Å². The van der Waals surface area contributed by atoms with E-state index in [0.717, 1.165) is 16.7 Å². The van der Waals surface area contributed by atoms with Crippen molar-refractivity contribution in [1.29, 1.82) is 0 Å². The van der Waals surface area contributed by atoms with Crippen molar-refractivity contribution in [2.45, 2.75) is 117 Å². The van der Waals surface area contributed by atoms with Gasteiger partial charge in [0.1, 0.15) is 44.1 Å². The molecule has 2 aliphatic heterocycles. The largest absolute Gasteiger partial charge is 0.483 e. The Kier molecular flexibility index (Phi) is 19.4. The molecular formula is C55H73N6O10+. The molecule has 0 radical (unpaired) electrons. The summed E-state index contributed by atoms with van der Waals surface area (Å²) in [6.07, 6.45) is 3.42. The van der Waals surface area contributed by atoms with Crippen molar-refractivity contribution in [3.8, 4) is 11.5 Å². The molecule has 2 saturated heterocycles. The van der Waals surface area contributed by atoms with Crippen LogP contribution in [0.15, 0.2) is 85.1 Å². The predicted octanol–water partition coefficient (Wildman–Crippen LogP) is 6.11. The molecule has 71 heavy (non-hydrogen) atoms. The van der Waals surface area contributed by atoms with Crippen LogP contribution in [0.5, 0.6) is 11.5 Å². The van der Waals surface area contributed by atoms with Crippen LogP contribution >= 0.6 is 0 Å². The molecule has 1 aromatic heterocycles. The lowest BCUT2D eigenvalue weighted by Crippen LogP contribution is -2.57. The molecule has 0 saturated carbocycles. The van der Waals surface area contributed by atoms with Crippen molar-refractivity contribution in [3.63, 3.8) is 0 Å². The lowest BCUT2D eigenvalue weighted by molar-refractivity contribution is -0.940. The van der Waals surface area contributed by atoms with Gasteiger partial charge in [0.2, 0.25) is 11.8 Å². The Labute approximate surface area is 418 Å². The molecule has 6 rings (SSSR count). The lowest BCUT2D eigenvalue weighted by Gasteiger charge is -2.41. The average Bonchev–Trinajstić information content (AvgIpc) is 3.95. The van der Waals surface area contributed by atoms with Gasteiger partial charge in [-0.2, -0.15) is 0 Å². The van der Waals surface area contributed by atoms with Gasteiger partial charge in [-0.3, -0.25) is 33.4 Å². The van der Waals surface area contributed by atoms with E-state index in [9.17, 15) is 28.8 Å². The van der Waals surface area contributed by atoms with Gasteiger partial charge >= 0.3 is 5.97 Å². The number of nitrogens with one attached hydrogen (secondary N) is 2. The molecule has 2 fully saturated rings. The maximum absolute atomic E-state index is 14.7. The van der Waals surface area contributed by atoms with Crippen molar-refractivity contribution in [2.75, 3.05) is 39.5 Å². The molecule has 0 bridgehead atoms. The first-order chi connectivity index (χ1) is 33.9. The van der Waals surface area contributed by atoms with Crippen LogP contribution in [-0.2, 0) is 71.3 Å². The number of hydrogen-bond donors (Lipinski definition) is 2. The number of amides is 2. The number of nitrogens with zero attached hydrogens (tertiary/aromatic N) is 4. The van der Waals surface area contributed by atoms with E-state index in [1.807, 2.05) is 100 Å². The molecule has 0 spiro atoms. The van der Waals surface area contributed by atoms with E-state index in [2.05, 4.69) is 20.9 Å².